The second-order valence-corrected chi connectivity index (χ2v) is 3.98. The van der Waals surface area contributed by atoms with Crippen LogP contribution in [-0.4, -0.2) is 14.5 Å². The molecule has 0 saturated heterocycles. The maximum atomic E-state index is 11.7. The third-order valence-electron chi connectivity index (χ3n) is 2.66. The minimum Gasteiger partial charge on any atom is -0.384 e. The fraction of sp³-hybridized carbons (Fsp3) is 0.250. The van der Waals surface area contributed by atoms with E-state index in [-0.39, 0.29) is 5.56 Å². The van der Waals surface area contributed by atoms with Gasteiger partial charge in [-0.15, -0.1) is 0 Å². The Morgan fingerprint density at radius 1 is 1.44 bits per heavy atom. The highest BCUT2D eigenvalue weighted by molar-refractivity contribution is 5.31. The Kier molecular flexibility index (Phi) is 3.27. The number of pyridine rings is 1. The number of aromatic amines is 1. The van der Waals surface area contributed by atoms with E-state index in [9.17, 15) is 9.59 Å². The number of nitrogens with one attached hydrogen (secondary N) is 1. The van der Waals surface area contributed by atoms with E-state index in [4.69, 9.17) is 5.73 Å². The van der Waals surface area contributed by atoms with E-state index in [2.05, 4.69) is 9.97 Å². The van der Waals surface area contributed by atoms with Crippen LogP contribution < -0.4 is 17.0 Å². The summed E-state index contributed by atoms with van der Waals surface area (Å²) in [6.07, 6.45) is 3.74. The standard InChI is InChI=1S/C12H14N4O2/c1-2-9-7-16(12(18)15-11(9)17)6-8-3-4-14-10(13)5-8/h3-5,7H,2,6H2,1H3,(H2,13,14)(H,15,17,18). The highest BCUT2D eigenvalue weighted by Crippen LogP contribution is 2.04. The summed E-state index contributed by atoms with van der Waals surface area (Å²) in [6.45, 7) is 2.22. The van der Waals surface area contributed by atoms with Crippen molar-refractivity contribution >= 4 is 5.82 Å². The maximum absolute atomic E-state index is 11.7. The van der Waals surface area contributed by atoms with Gasteiger partial charge >= 0.3 is 5.69 Å². The largest absolute Gasteiger partial charge is 0.384 e. The van der Waals surface area contributed by atoms with Crippen LogP contribution in [0.2, 0.25) is 0 Å². The third-order valence-corrected chi connectivity index (χ3v) is 2.66. The highest BCUT2D eigenvalue weighted by Gasteiger charge is 2.04. The molecule has 0 spiro atoms. The molecule has 0 radical (unpaired) electrons. The normalized spacial score (nSPS) is 10.5. The average Bonchev–Trinajstić information content (AvgIpc) is 2.33. The molecule has 3 N–H and O–H groups in total. The predicted molar refractivity (Wildman–Crippen MR) is 68.5 cm³/mol. The molecule has 94 valence electrons. The van der Waals surface area contributed by atoms with Crippen LogP contribution in [0.5, 0.6) is 0 Å². The lowest BCUT2D eigenvalue weighted by molar-refractivity contribution is 0.707. The van der Waals surface area contributed by atoms with Gasteiger partial charge in [0.05, 0.1) is 6.54 Å². The summed E-state index contributed by atoms with van der Waals surface area (Å²) in [5.74, 6) is 0.403. The zero-order valence-electron chi connectivity index (χ0n) is 10.0. The molecule has 2 heterocycles. The number of hydrogen-bond donors (Lipinski definition) is 2. The molecule has 0 saturated carbocycles. The van der Waals surface area contributed by atoms with Crippen LogP contribution in [0.4, 0.5) is 5.82 Å². The molecular formula is C12H14N4O2. The first-order valence-electron chi connectivity index (χ1n) is 5.63. The Hall–Kier alpha value is -2.37. The molecule has 2 aromatic heterocycles. The van der Waals surface area contributed by atoms with Gasteiger partial charge in [0, 0.05) is 18.0 Å². The molecule has 0 aliphatic carbocycles. The number of aryl methyl sites for hydroxylation is 1. The minimum atomic E-state index is -0.424. The fourth-order valence-electron chi connectivity index (χ4n) is 1.71. The maximum Gasteiger partial charge on any atom is 0.328 e. The molecule has 0 aliphatic heterocycles. The summed E-state index contributed by atoms with van der Waals surface area (Å²) in [6, 6.07) is 3.47. The number of nitrogen functional groups attached to an aromatic ring is 1. The van der Waals surface area contributed by atoms with Crippen LogP contribution in [0.1, 0.15) is 18.1 Å². The van der Waals surface area contributed by atoms with Crippen molar-refractivity contribution in [3.63, 3.8) is 0 Å². The highest BCUT2D eigenvalue weighted by atomic mass is 16.2. The number of aromatic nitrogens is 3. The van der Waals surface area contributed by atoms with Crippen LogP contribution in [0.15, 0.2) is 34.1 Å². The van der Waals surface area contributed by atoms with Crippen molar-refractivity contribution in [1.82, 2.24) is 14.5 Å². The molecule has 0 bridgehead atoms. The monoisotopic (exact) mass is 246 g/mol. The van der Waals surface area contributed by atoms with Gasteiger partial charge in [0.2, 0.25) is 0 Å². The number of rotatable bonds is 3. The molecule has 2 aromatic rings. The van der Waals surface area contributed by atoms with Gasteiger partial charge in [-0.1, -0.05) is 6.92 Å². The average molecular weight is 246 g/mol. The lowest BCUT2D eigenvalue weighted by Gasteiger charge is -2.07. The first-order chi connectivity index (χ1) is 8.60. The summed E-state index contributed by atoms with van der Waals surface area (Å²) in [7, 11) is 0. The minimum absolute atomic E-state index is 0.326. The van der Waals surface area contributed by atoms with E-state index >= 15 is 0 Å². The van der Waals surface area contributed by atoms with Gasteiger partial charge in [-0.25, -0.2) is 9.78 Å². The molecule has 6 heteroatoms. The van der Waals surface area contributed by atoms with E-state index in [0.29, 0.717) is 24.3 Å². The predicted octanol–water partition coefficient (Wildman–Crippen LogP) is 0.124. The van der Waals surface area contributed by atoms with Crippen molar-refractivity contribution in [3.05, 3.63) is 56.5 Å². The SMILES string of the molecule is CCc1cn(Cc2ccnc(N)c2)c(=O)[nH]c1=O. The van der Waals surface area contributed by atoms with Crippen LogP contribution >= 0.6 is 0 Å². The van der Waals surface area contributed by atoms with Gasteiger partial charge in [0.25, 0.3) is 5.56 Å². The van der Waals surface area contributed by atoms with E-state index in [1.54, 1.807) is 24.5 Å². The summed E-state index contributed by atoms with van der Waals surface area (Å²) in [5.41, 5.74) is 6.26. The van der Waals surface area contributed by atoms with Crippen molar-refractivity contribution < 1.29 is 0 Å². The van der Waals surface area contributed by atoms with Gasteiger partial charge in [0.1, 0.15) is 5.82 Å². The zero-order chi connectivity index (χ0) is 13.1. The molecule has 2 rings (SSSR count). The summed E-state index contributed by atoms with van der Waals surface area (Å²) in [4.78, 5) is 29.3. The van der Waals surface area contributed by atoms with Gasteiger partial charge in [0.15, 0.2) is 0 Å². The number of hydrogen-bond acceptors (Lipinski definition) is 4. The van der Waals surface area contributed by atoms with Gasteiger partial charge in [-0.05, 0) is 24.1 Å². The molecule has 0 atom stereocenters. The lowest BCUT2D eigenvalue weighted by atomic mass is 10.2. The Labute approximate surface area is 103 Å². The van der Waals surface area contributed by atoms with Crippen molar-refractivity contribution in [3.8, 4) is 0 Å². The third kappa shape index (κ3) is 2.48. The van der Waals surface area contributed by atoms with Crippen LogP contribution in [0.3, 0.4) is 0 Å². The first kappa shape index (κ1) is 12.1. The van der Waals surface area contributed by atoms with Crippen LogP contribution in [0, 0.1) is 0 Å². The van der Waals surface area contributed by atoms with Crippen LogP contribution in [0.25, 0.3) is 0 Å². The van der Waals surface area contributed by atoms with Gasteiger partial charge in [-0.2, -0.15) is 0 Å². The molecule has 0 aliphatic rings. The Balaban J connectivity index is 2.40. The van der Waals surface area contributed by atoms with Crippen molar-refractivity contribution in [1.29, 1.82) is 0 Å². The molecule has 0 fully saturated rings. The molecule has 0 unspecified atom stereocenters. The summed E-state index contributed by atoms with van der Waals surface area (Å²) >= 11 is 0. The van der Waals surface area contributed by atoms with E-state index < -0.39 is 5.69 Å². The zero-order valence-corrected chi connectivity index (χ0v) is 10.0. The summed E-state index contributed by atoms with van der Waals surface area (Å²) < 4.78 is 1.45. The topological polar surface area (TPSA) is 93.8 Å². The van der Waals surface area contributed by atoms with Crippen molar-refractivity contribution in [2.75, 3.05) is 5.73 Å². The smallest absolute Gasteiger partial charge is 0.328 e. The molecule has 0 aromatic carbocycles. The summed E-state index contributed by atoms with van der Waals surface area (Å²) in [5, 5.41) is 0. The number of nitrogens with zero attached hydrogens (tertiary/aromatic N) is 2. The second-order valence-electron chi connectivity index (χ2n) is 3.98. The second kappa shape index (κ2) is 4.87. The fourth-order valence-corrected chi connectivity index (χ4v) is 1.71. The number of H-pyrrole nitrogens is 1. The first-order valence-corrected chi connectivity index (χ1v) is 5.63. The van der Waals surface area contributed by atoms with Crippen molar-refractivity contribution in [2.45, 2.75) is 19.9 Å². The Morgan fingerprint density at radius 2 is 2.22 bits per heavy atom. The lowest BCUT2D eigenvalue weighted by Crippen LogP contribution is -2.31. The van der Waals surface area contributed by atoms with Gasteiger partial charge < -0.3 is 5.73 Å². The quantitative estimate of drug-likeness (QED) is 0.804. The van der Waals surface area contributed by atoms with Crippen LogP contribution in [-0.2, 0) is 13.0 Å². The number of anilines is 1. The molecular weight excluding hydrogens is 232 g/mol. The van der Waals surface area contributed by atoms with E-state index in [1.807, 2.05) is 6.92 Å². The van der Waals surface area contributed by atoms with Gasteiger partial charge in [-0.3, -0.25) is 14.3 Å². The van der Waals surface area contributed by atoms with E-state index in [1.165, 1.54) is 4.57 Å². The Morgan fingerprint density at radius 3 is 2.89 bits per heavy atom. The molecule has 18 heavy (non-hydrogen) atoms. The Bertz CT molecular complexity index is 672. The van der Waals surface area contributed by atoms with Crippen molar-refractivity contribution in [2.24, 2.45) is 0 Å². The number of nitrogens with two attached hydrogens (primary N) is 1. The molecule has 0 amide bonds. The molecule has 6 nitrogen and oxygen atoms in total. The van der Waals surface area contributed by atoms with E-state index in [0.717, 1.165) is 5.56 Å².